The van der Waals surface area contributed by atoms with Gasteiger partial charge in [0, 0.05) is 17.5 Å². The van der Waals surface area contributed by atoms with Crippen LogP contribution in [0.3, 0.4) is 0 Å². The van der Waals surface area contributed by atoms with E-state index < -0.39 is 0 Å². The highest BCUT2D eigenvalue weighted by Gasteiger charge is 2.12. The first-order valence-corrected chi connectivity index (χ1v) is 9.58. The molecule has 0 bridgehead atoms. The molecule has 1 heterocycles. The Morgan fingerprint density at radius 3 is 2.54 bits per heavy atom. The summed E-state index contributed by atoms with van der Waals surface area (Å²) >= 11 is 13.8. The van der Waals surface area contributed by atoms with Crippen LogP contribution in [0.1, 0.15) is 5.69 Å². The zero-order chi connectivity index (χ0) is 18.5. The fraction of sp³-hybridized carbons (Fsp3) is 0.158. The quantitative estimate of drug-likeness (QED) is 0.613. The second kappa shape index (κ2) is 8.64. The molecule has 0 spiro atoms. The first kappa shape index (κ1) is 18.9. The maximum Gasteiger partial charge on any atom is 0.238 e. The molecular weight excluding hydrogens is 389 g/mol. The smallest absolute Gasteiger partial charge is 0.238 e. The van der Waals surface area contributed by atoms with Crippen LogP contribution in [0.25, 0.3) is 10.6 Å². The summed E-state index contributed by atoms with van der Waals surface area (Å²) in [4.78, 5) is 18.7. The third-order valence-corrected chi connectivity index (χ3v) is 5.23. The topological polar surface area (TPSA) is 45.2 Å². The maximum absolute atomic E-state index is 12.2. The molecule has 0 aliphatic heterocycles. The van der Waals surface area contributed by atoms with E-state index in [2.05, 4.69) is 10.3 Å². The number of thiazole rings is 1. The van der Waals surface area contributed by atoms with Crippen LogP contribution in [0, 0.1) is 0 Å². The largest absolute Gasteiger partial charge is 0.324 e. The molecule has 7 heteroatoms. The molecule has 3 rings (SSSR count). The van der Waals surface area contributed by atoms with Crippen molar-refractivity contribution in [2.75, 3.05) is 18.9 Å². The van der Waals surface area contributed by atoms with Gasteiger partial charge in [-0.05, 0) is 25.2 Å². The molecule has 0 atom stereocenters. The van der Waals surface area contributed by atoms with E-state index in [-0.39, 0.29) is 12.5 Å². The monoisotopic (exact) mass is 405 g/mol. The number of aromatic nitrogens is 1. The van der Waals surface area contributed by atoms with Gasteiger partial charge in [0.1, 0.15) is 5.01 Å². The van der Waals surface area contributed by atoms with Crippen LogP contribution >= 0.6 is 34.5 Å². The van der Waals surface area contributed by atoms with Gasteiger partial charge in [0.25, 0.3) is 0 Å². The van der Waals surface area contributed by atoms with E-state index in [1.54, 1.807) is 23.5 Å². The fourth-order valence-corrected chi connectivity index (χ4v) is 3.78. The van der Waals surface area contributed by atoms with Gasteiger partial charge in [-0.25, -0.2) is 4.98 Å². The number of hydrogen-bond acceptors (Lipinski definition) is 4. The minimum atomic E-state index is -0.123. The molecule has 0 fully saturated rings. The molecule has 1 aromatic heterocycles. The highest BCUT2D eigenvalue weighted by Crippen LogP contribution is 2.30. The lowest BCUT2D eigenvalue weighted by Crippen LogP contribution is -2.30. The first-order valence-electron chi connectivity index (χ1n) is 7.95. The van der Waals surface area contributed by atoms with Crippen LogP contribution in [-0.4, -0.2) is 29.4 Å². The van der Waals surface area contributed by atoms with Gasteiger partial charge in [-0.1, -0.05) is 53.5 Å². The predicted octanol–water partition coefficient (Wildman–Crippen LogP) is 5.19. The molecular formula is C19H17Cl2N3OS. The normalized spacial score (nSPS) is 10.9. The molecule has 0 aliphatic rings. The zero-order valence-electron chi connectivity index (χ0n) is 14.1. The number of likely N-dealkylation sites (N-methyl/N-ethyl adjacent to an activating group) is 1. The van der Waals surface area contributed by atoms with Gasteiger partial charge in [0.05, 0.1) is 28.0 Å². The van der Waals surface area contributed by atoms with Crippen LogP contribution in [0.2, 0.25) is 10.0 Å². The number of para-hydroxylation sites is 1. The molecule has 26 heavy (non-hydrogen) atoms. The number of nitrogens with one attached hydrogen (secondary N) is 1. The number of carbonyl (C=O) groups is 1. The minimum absolute atomic E-state index is 0.123. The zero-order valence-corrected chi connectivity index (χ0v) is 16.4. The van der Waals surface area contributed by atoms with Crippen molar-refractivity contribution in [1.82, 2.24) is 9.88 Å². The molecule has 2 aromatic carbocycles. The van der Waals surface area contributed by atoms with Crippen molar-refractivity contribution in [2.45, 2.75) is 6.54 Å². The summed E-state index contributed by atoms with van der Waals surface area (Å²) in [6, 6.07) is 14.8. The van der Waals surface area contributed by atoms with Crippen LogP contribution < -0.4 is 5.32 Å². The Balaban J connectivity index is 1.59. The van der Waals surface area contributed by atoms with Crippen molar-refractivity contribution in [3.63, 3.8) is 0 Å². The van der Waals surface area contributed by atoms with E-state index in [1.807, 2.05) is 53.7 Å². The van der Waals surface area contributed by atoms with Gasteiger partial charge in [-0.3, -0.25) is 9.69 Å². The van der Waals surface area contributed by atoms with Crippen molar-refractivity contribution in [2.24, 2.45) is 0 Å². The molecule has 4 nitrogen and oxygen atoms in total. The van der Waals surface area contributed by atoms with Gasteiger partial charge in [0.2, 0.25) is 5.91 Å². The lowest BCUT2D eigenvalue weighted by Gasteiger charge is -2.15. The summed E-state index contributed by atoms with van der Waals surface area (Å²) in [6.07, 6.45) is 0. The van der Waals surface area contributed by atoms with Crippen molar-refractivity contribution < 1.29 is 4.79 Å². The minimum Gasteiger partial charge on any atom is -0.324 e. The Morgan fingerprint density at radius 2 is 1.81 bits per heavy atom. The number of carbonyl (C=O) groups excluding carboxylic acids is 1. The molecule has 0 unspecified atom stereocenters. The number of rotatable bonds is 6. The predicted molar refractivity (Wildman–Crippen MR) is 109 cm³/mol. The number of anilines is 1. The summed E-state index contributed by atoms with van der Waals surface area (Å²) in [5.74, 6) is -0.123. The summed E-state index contributed by atoms with van der Waals surface area (Å²) in [7, 11) is 1.88. The average Bonchev–Trinajstić information content (AvgIpc) is 3.05. The first-order chi connectivity index (χ1) is 12.5. The number of hydrogen-bond donors (Lipinski definition) is 1. The van der Waals surface area contributed by atoms with Gasteiger partial charge < -0.3 is 5.32 Å². The van der Waals surface area contributed by atoms with E-state index in [4.69, 9.17) is 23.2 Å². The summed E-state index contributed by atoms with van der Waals surface area (Å²) in [6.45, 7) is 0.807. The van der Waals surface area contributed by atoms with E-state index in [0.717, 1.165) is 16.3 Å². The number of halogens is 2. The maximum atomic E-state index is 12.2. The average molecular weight is 406 g/mol. The second-order valence-corrected chi connectivity index (χ2v) is 7.50. The molecule has 0 radical (unpaired) electrons. The SMILES string of the molecule is CN(CC(=O)Nc1ccccc1Cl)Cc1csc(-c2ccccc2Cl)n1. The Morgan fingerprint density at radius 1 is 1.12 bits per heavy atom. The Bertz CT molecular complexity index is 913. The van der Waals surface area contributed by atoms with Crippen LogP contribution in [0.15, 0.2) is 53.9 Å². The van der Waals surface area contributed by atoms with Crippen molar-refractivity contribution in [3.05, 3.63) is 69.7 Å². The molecule has 0 saturated carbocycles. The van der Waals surface area contributed by atoms with Crippen LogP contribution in [0.5, 0.6) is 0 Å². The lowest BCUT2D eigenvalue weighted by atomic mass is 10.2. The molecule has 1 N–H and O–H groups in total. The fourth-order valence-electron chi connectivity index (χ4n) is 2.47. The molecule has 3 aromatic rings. The third-order valence-electron chi connectivity index (χ3n) is 3.65. The Hall–Kier alpha value is -1.92. The number of benzene rings is 2. The molecule has 134 valence electrons. The molecule has 0 saturated heterocycles. The summed E-state index contributed by atoms with van der Waals surface area (Å²) in [5.41, 5.74) is 2.43. The second-order valence-electron chi connectivity index (χ2n) is 5.82. The third kappa shape index (κ3) is 4.83. The van der Waals surface area contributed by atoms with Crippen molar-refractivity contribution in [3.8, 4) is 10.6 Å². The van der Waals surface area contributed by atoms with Crippen molar-refractivity contribution >= 4 is 46.1 Å². The molecule has 0 aliphatic carbocycles. The number of nitrogens with zero attached hydrogens (tertiary/aromatic N) is 2. The molecule has 1 amide bonds. The van der Waals surface area contributed by atoms with Crippen LogP contribution in [-0.2, 0) is 11.3 Å². The number of amides is 1. The van der Waals surface area contributed by atoms with Crippen molar-refractivity contribution in [1.29, 1.82) is 0 Å². The highest BCUT2D eigenvalue weighted by atomic mass is 35.5. The Labute approximate surface area is 166 Å². The lowest BCUT2D eigenvalue weighted by molar-refractivity contribution is -0.117. The summed E-state index contributed by atoms with van der Waals surface area (Å²) < 4.78 is 0. The van der Waals surface area contributed by atoms with E-state index >= 15 is 0 Å². The van der Waals surface area contributed by atoms with E-state index in [0.29, 0.717) is 22.3 Å². The van der Waals surface area contributed by atoms with Gasteiger partial charge in [-0.15, -0.1) is 11.3 Å². The Kier molecular flexibility index (Phi) is 6.27. The van der Waals surface area contributed by atoms with Gasteiger partial charge in [-0.2, -0.15) is 0 Å². The van der Waals surface area contributed by atoms with E-state index in [9.17, 15) is 4.79 Å². The van der Waals surface area contributed by atoms with Crippen LogP contribution in [0.4, 0.5) is 5.69 Å². The van der Waals surface area contributed by atoms with E-state index in [1.165, 1.54) is 0 Å². The highest BCUT2D eigenvalue weighted by molar-refractivity contribution is 7.13. The standard InChI is InChI=1S/C19H17Cl2N3OS/c1-24(11-18(25)23-17-9-5-4-8-16(17)21)10-13-12-26-19(22-13)14-6-2-3-7-15(14)20/h2-9,12H,10-11H2,1H3,(H,23,25). The summed E-state index contributed by atoms with van der Waals surface area (Å²) in [5, 5.41) is 6.88. The van der Waals surface area contributed by atoms with Gasteiger partial charge in [0.15, 0.2) is 0 Å². The van der Waals surface area contributed by atoms with Gasteiger partial charge >= 0.3 is 0 Å².